The van der Waals surface area contributed by atoms with Crippen LogP contribution in [0.3, 0.4) is 0 Å². The van der Waals surface area contributed by atoms with Crippen molar-refractivity contribution in [3.63, 3.8) is 0 Å². The van der Waals surface area contributed by atoms with E-state index in [0.29, 0.717) is 6.61 Å². The summed E-state index contributed by atoms with van der Waals surface area (Å²) >= 11 is 0. The Kier molecular flexibility index (Phi) is 2.06. The molecule has 2 heteroatoms. The van der Waals surface area contributed by atoms with Crippen LogP contribution in [0, 0.1) is 5.92 Å². The topological polar surface area (TPSA) is 9.23 Å². The average molecular weight is 132 g/mol. The van der Waals surface area contributed by atoms with Gasteiger partial charge in [0.25, 0.3) is 0 Å². The van der Waals surface area contributed by atoms with Crippen molar-refractivity contribution in [1.82, 2.24) is 0 Å². The average Bonchev–Trinajstić information content (AvgIpc) is 2.15. The summed E-state index contributed by atoms with van der Waals surface area (Å²) in [5, 5.41) is 0. The normalized spacial score (nSPS) is 43.7. The lowest BCUT2D eigenvalue weighted by atomic mass is 10.0. The number of ether oxygens (including phenoxy) is 1. The predicted molar refractivity (Wildman–Crippen MR) is 34.1 cm³/mol. The molecule has 0 bridgehead atoms. The van der Waals surface area contributed by atoms with Crippen LogP contribution >= 0.6 is 0 Å². The summed E-state index contributed by atoms with van der Waals surface area (Å²) in [4.78, 5) is 0. The second-order valence-corrected chi connectivity index (χ2v) is 2.70. The largest absolute Gasteiger partial charge is 0.375 e. The van der Waals surface area contributed by atoms with E-state index in [9.17, 15) is 4.39 Å². The van der Waals surface area contributed by atoms with E-state index in [-0.39, 0.29) is 12.0 Å². The minimum absolute atomic E-state index is 0.106. The number of hydrogen-bond donors (Lipinski definition) is 0. The van der Waals surface area contributed by atoms with E-state index in [1.165, 1.54) is 0 Å². The summed E-state index contributed by atoms with van der Waals surface area (Å²) in [6.45, 7) is 4.44. The van der Waals surface area contributed by atoms with Crippen LogP contribution in [0.2, 0.25) is 0 Å². The lowest BCUT2D eigenvalue weighted by Gasteiger charge is -2.08. The second-order valence-electron chi connectivity index (χ2n) is 2.70. The molecule has 1 aliphatic rings. The zero-order chi connectivity index (χ0) is 6.85. The number of hydrogen-bond acceptors (Lipinski definition) is 1. The van der Waals surface area contributed by atoms with E-state index >= 15 is 0 Å². The Morgan fingerprint density at radius 1 is 1.67 bits per heavy atom. The maximum atomic E-state index is 12.9. The van der Waals surface area contributed by atoms with Crippen LogP contribution in [0.1, 0.15) is 20.3 Å². The van der Waals surface area contributed by atoms with E-state index in [0.717, 1.165) is 6.42 Å². The van der Waals surface area contributed by atoms with Gasteiger partial charge in [-0.2, -0.15) is 0 Å². The molecule has 0 spiro atoms. The number of alkyl halides is 1. The highest BCUT2D eigenvalue weighted by Gasteiger charge is 2.32. The van der Waals surface area contributed by atoms with Crippen molar-refractivity contribution in [3.8, 4) is 0 Å². The fourth-order valence-electron chi connectivity index (χ4n) is 1.17. The molecule has 0 radical (unpaired) electrons. The molecule has 9 heavy (non-hydrogen) atoms. The van der Waals surface area contributed by atoms with Gasteiger partial charge in [-0.05, 0) is 6.42 Å². The maximum Gasteiger partial charge on any atom is 0.131 e. The number of rotatable bonds is 1. The first-order chi connectivity index (χ1) is 4.25. The molecule has 1 saturated heterocycles. The smallest absolute Gasteiger partial charge is 0.131 e. The van der Waals surface area contributed by atoms with Gasteiger partial charge in [-0.25, -0.2) is 4.39 Å². The van der Waals surface area contributed by atoms with Crippen molar-refractivity contribution < 1.29 is 9.13 Å². The van der Waals surface area contributed by atoms with Gasteiger partial charge in [0.05, 0.1) is 12.7 Å². The molecule has 0 aromatic heterocycles. The van der Waals surface area contributed by atoms with Gasteiger partial charge in [0.15, 0.2) is 0 Å². The van der Waals surface area contributed by atoms with Gasteiger partial charge < -0.3 is 4.74 Å². The highest BCUT2D eigenvalue weighted by molar-refractivity contribution is 4.79. The highest BCUT2D eigenvalue weighted by Crippen LogP contribution is 2.24. The zero-order valence-corrected chi connectivity index (χ0v) is 5.93. The Bertz CT molecular complexity index is 94.9. The molecule has 0 aliphatic carbocycles. The van der Waals surface area contributed by atoms with Crippen molar-refractivity contribution >= 4 is 0 Å². The molecular formula is C7H13FO. The van der Waals surface area contributed by atoms with Gasteiger partial charge in [0, 0.05) is 5.92 Å². The van der Waals surface area contributed by atoms with E-state index in [1.807, 2.05) is 13.8 Å². The van der Waals surface area contributed by atoms with Gasteiger partial charge in [0.2, 0.25) is 0 Å². The third-order valence-electron chi connectivity index (χ3n) is 1.87. The molecule has 1 rings (SSSR count). The molecule has 1 aliphatic heterocycles. The van der Waals surface area contributed by atoms with E-state index in [4.69, 9.17) is 4.74 Å². The summed E-state index contributed by atoms with van der Waals surface area (Å²) in [7, 11) is 0. The van der Waals surface area contributed by atoms with Gasteiger partial charge in [-0.3, -0.25) is 0 Å². The monoisotopic (exact) mass is 132 g/mol. The molecule has 0 aromatic carbocycles. The summed E-state index contributed by atoms with van der Waals surface area (Å²) in [6.07, 6.45) is -0.0547. The Morgan fingerprint density at radius 2 is 2.33 bits per heavy atom. The van der Waals surface area contributed by atoms with Crippen molar-refractivity contribution in [2.75, 3.05) is 6.61 Å². The Balaban J connectivity index is 2.41. The minimum Gasteiger partial charge on any atom is -0.375 e. The van der Waals surface area contributed by atoms with Crippen LogP contribution in [0.4, 0.5) is 4.39 Å². The lowest BCUT2D eigenvalue weighted by Crippen LogP contribution is -2.19. The molecule has 3 atom stereocenters. The summed E-state index contributed by atoms with van der Waals surface area (Å²) in [6, 6.07) is 0. The van der Waals surface area contributed by atoms with Crippen LogP contribution in [-0.4, -0.2) is 18.9 Å². The van der Waals surface area contributed by atoms with Gasteiger partial charge in [0.1, 0.15) is 6.17 Å². The fourth-order valence-corrected chi connectivity index (χ4v) is 1.17. The highest BCUT2D eigenvalue weighted by atomic mass is 19.1. The molecule has 54 valence electrons. The molecule has 0 saturated carbocycles. The Labute approximate surface area is 55.2 Å². The van der Waals surface area contributed by atoms with Crippen LogP contribution in [0.25, 0.3) is 0 Å². The maximum absolute atomic E-state index is 12.9. The van der Waals surface area contributed by atoms with Gasteiger partial charge >= 0.3 is 0 Å². The lowest BCUT2D eigenvalue weighted by molar-refractivity contribution is 0.0750. The van der Waals surface area contributed by atoms with Gasteiger partial charge in [-0.1, -0.05) is 13.8 Å². The van der Waals surface area contributed by atoms with Crippen LogP contribution in [0.5, 0.6) is 0 Å². The first-order valence-electron chi connectivity index (χ1n) is 3.51. The Morgan fingerprint density at radius 3 is 2.56 bits per heavy atom. The van der Waals surface area contributed by atoms with Gasteiger partial charge in [-0.15, -0.1) is 0 Å². The van der Waals surface area contributed by atoms with Crippen molar-refractivity contribution in [3.05, 3.63) is 0 Å². The van der Waals surface area contributed by atoms with E-state index in [1.54, 1.807) is 0 Å². The molecule has 1 heterocycles. The van der Waals surface area contributed by atoms with Crippen molar-refractivity contribution in [2.45, 2.75) is 32.5 Å². The van der Waals surface area contributed by atoms with Crippen molar-refractivity contribution in [1.29, 1.82) is 0 Å². The first kappa shape index (κ1) is 7.00. The SMILES string of the molecule is CC[C@H]1OC[C@@H](C)[C@@H]1F. The quantitative estimate of drug-likeness (QED) is 0.528. The Hall–Kier alpha value is -0.110. The van der Waals surface area contributed by atoms with Crippen molar-refractivity contribution in [2.24, 2.45) is 5.92 Å². The second kappa shape index (κ2) is 2.65. The summed E-state index contributed by atoms with van der Waals surface area (Å²) in [5.41, 5.74) is 0. The standard InChI is InChI=1S/C7H13FO/c1-3-6-7(8)5(2)4-9-6/h5-7H,3-4H2,1-2H3/t5-,6-,7+/m1/s1. The molecule has 0 amide bonds. The fraction of sp³-hybridized carbons (Fsp3) is 1.00. The molecule has 1 nitrogen and oxygen atoms in total. The van der Waals surface area contributed by atoms with E-state index in [2.05, 4.69) is 0 Å². The zero-order valence-electron chi connectivity index (χ0n) is 5.93. The molecule has 0 N–H and O–H groups in total. The van der Waals surface area contributed by atoms with Crippen LogP contribution in [0.15, 0.2) is 0 Å². The molecular weight excluding hydrogens is 119 g/mol. The number of halogens is 1. The third-order valence-corrected chi connectivity index (χ3v) is 1.87. The van der Waals surface area contributed by atoms with Crippen LogP contribution in [-0.2, 0) is 4.74 Å². The summed E-state index contributed by atoms with van der Waals surface area (Å²) < 4.78 is 18.0. The molecule has 0 aromatic rings. The summed E-state index contributed by atoms with van der Waals surface area (Å²) in [5.74, 6) is 0.106. The predicted octanol–water partition coefficient (Wildman–Crippen LogP) is 1.77. The minimum atomic E-state index is -0.727. The van der Waals surface area contributed by atoms with Crippen LogP contribution < -0.4 is 0 Å². The molecule has 0 unspecified atom stereocenters. The van der Waals surface area contributed by atoms with E-state index < -0.39 is 6.17 Å². The third kappa shape index (κ3) is 1.23. The first-order valence-corrected chi connectivity index (χ1v) is 3.51. The molecule has 1 fully saturated rings.